The summed E-state index contributed by atoms with van der Waals surface area (Å²) < 4.78 is 0. The molecule has 4 heteroatoms. The summed E-state index contributed by atoms with van der Waals surface area (Å²) >= 11 is 0. The standard InChI is InChI=1S/C13H17N3O/c17-13(12-4-2-7-15-12)16-8-5-11-10(9-16)3-1-6-14-11/h1,3,6,12,15H,2,4-5,7-9H2/t12-/m0/s1. The van der Waals surface area contributed by atoms with Gasteiger partial charge in [-0.3, -0.25) is 9.78 Å². The Morgan fingerprint density at radius 1 is 1.53 bits per heavy atom. The number of nitrogens with zero attached hydrogens (tertiary/aromatic N) is 2. The highest BCUT2D eigenvalue weighted by Gasteiger charge is 2.29. The number of hydrogen-bond acceptors (Lipinski definition) is 3. The second-order valence-electron chi connectivity index (χ2n) is 4.77. The van der Waals surface area contributed by atoms with Crippen LogP contribution in [0.5, 0.6) is 0 Å². The number of carbonyl (C=O) groups excluding carboxylic acids is 1. The molecule has 0 unspecified atom stereocenters. The second-order valence-corrected chi connectivity index (χ2v) is 4.77. The summed E-state index contributed by atoms with van der Waals surface area (Å²) in [5.41, 5.74) is 2.35. The molecule has 3 heterocycles. The molecule has 0 spiro atoms. The largest absolute Gasteiger partial charge is 0.337 e. The lowest BCUT2D eigenvalue weighted by atomic mass is 10.0. The topological polar surface area (TPSA) is 45.2 Å². The Morgan fingerprint density at radius 3 is 3.29 bits per heavy atom. The van der Waals surface area contributed by atoms with E-state index >= 15 is 0 Å². The number of nitrogens with one attached hydrogen (secondary N) is 1. The van der Waals surface area contributed by atoms with Gasteiger partial charge >= 0.3 is 0 Å². The van der Waals surface area contributed by atoms with Gasteiger partial charge in [-0.05, 0) is 31.0 Å². The normalized spacial score (nSPS) is 23.5. The summed E-state index contributed by atoms with van der Waals surface area (Å²) in [6.45, 7) is 2.50. The SMILES string of the molecule is O=C([C@@H]1CCCN1)N1CCc2ncccc2C1. The summed E-state index contributed by atoms with van der Waals surface area (Å²) in [6, 6.07) is 4.07. The Hall–Kier alpha value is -1.42. The van der Waals surface area contributed by atoms with E-state index in [1.165, 1.54) is 5.56 Å². The van der Waals surface area contributed by atoms with Crippen molar-refractivity contribution in [3.8, 4) is 0 Å². The van der Waals surface area contributed by atoms with E-state index in [0.29, 0.717) is 0 Å². The Bertz CT molecular complexity index is 426. The van der Waals surface area contributed by atoms with Crippen LogP contribution in [-0.4, -0.2) is 34.9 Å². The average Bonchev–Trinajstić information content (AvgIpc) is 2.91. The molecule has 1 amide bonds. The van der Waals surface area contributed by atoms with Crippen molar-refractivity contribution in [1.29, 1.82) is 0 Å². The molecule has 0 radical (unpaired) electrons. The minimum absolute atomic E-state index is 0.0493. The zero-order valence-electron chi connectivity index (χ0n) is 9.85. The van der Waals surface area contributed by atoms with Crippen LogP contribution in [0.15, 0.2) is 18.3 Å². The number of rotatable bonds is 1. The molecule has 4 nitrogen and oxygen atoms in total. The molecule has 2 aliphatic heterocycles. The van der Waals surface area contributed by atoms with Crippen LogP contribution in [0.3, 0.4) is 0 Å². The Labute approximate surface area is 101 Å². The van der Waals surface area contributed by atoms with E-state index < -0.39 is 0 Å². The van der Waals surface area contributed by atoms with E-state index in [9.17, 15) is 4.79 Å². The Kier molecular flexibility index (Phi) is 2.81. The lowest BCUT2D eigenvalue weighted by Gasteiger charge is -2.30. The molecule has 3 rings (SSSR count). The number of amides is 1. The summed E-state index contributed by atoms with van der Waals surface area (Å²) in [7, 11) is 0. The molecule has 1 N–H and O–H groups in total. The van der Waals surface area contributed by atoms with Gasteiger partial charge in [-0.1, -0.05) is 6.07 Å². The van der Waals surface area contributed by atoms with E-state index in [1.54, 1.807) is 0 Å². The number of hydrogen-bond donors (Lipinski definition) is 1. The van der Waals surface area contributed by atoms with Crippen LogP contribution in [0.1, 0.15) is 24.1 Å². The maximum Gasteiger partial charge on any atom is 0.240 e. The van der Waals surface area contributed by atoms with Gasteiger partial charge in [-0.2, -0.15) is 0 Å². The minimum atomic E-state index is 0.0493. The van der Waals surface area contributed by atoms with E-state index in [2.05, 4.69) is 16.4 Å². The van der Waals surface area contributed by atoms with E-state index in [1.807, 2.05) is 17.2 Å². The average molecular weight is 231 g/mol. The van der Waals surface area contributed by atoms with Crippen molar-refractivity contribution in [2.75, 3.05) is 13.1 Å². The van der Waals surface area contributed by atoms with Crippen molar-refractivity contribution in [3.05, 3.63) is 29.6 Å². The summed E-state index contributed by atoms with van der Waals surface area (Å²) in [6.07, 6.45) is 4.81. The monoisotopic (exact) mass is 231 g/mol. The van der Waals surface area contributed by atoms with E-state index in [-0.39, 0.29) is 11.9 Å². The smallest absolute Gasteiger partial charge is 0.240 e. The fraction of sp³-hybridized carbons (Fsp3) is 0.538. The highest BCUT2D eigenvalue weighted by molar-refractivity contribution is 5.82. The molecule has 1 atom stereocenters. The zero-order chi connectivity index (χ0) is 11.7. The van der Waals surface area contributed by atoms with Gasteiger partial charge in [0.1, 0.15) is 0 Å². The maximum absolute atomic E-state index is 12.3. The fourth-order valence-corrected chi connectivity index (χ4v) is 2.67. The highest BCUT2D eigenvalue weighted by Crippen LogP contribution is 2.18. The summed E-state index contributed by atoms with van der Waals surface area (Å²) in [4.78, 5) is 18.6. The fourth-order valence-electron chi connectivity index (χ4n) is 2.67. The van der Waals surface area contributed by atoms with Gasteiger partial charge in [0.2, 0.25) is 5.91 Å². The van der Waals surface area contributed by atoms with Crippen molar-refractivity contribution >= 4 is 5.91 Å². The van der Waals surface area contributed by atoms with Crippen LogP contribution >= 0.6 is 0 Å². The first-order chi connectivity index (χ1) is 8.34. The van der Waals surface area contributed by atoms with Crippen LogP contribution in [-0.2, 0) is 17.8 Å². The van der Waals surface area contributed by atoms with Gasteiger partial charge in [-0.25, -0.2) is 0 Å². The molecule has 0 saturated carbocycles. The third-order valence-electron chi connectivity index (χ3n) is 3.63. The van der Waals surface area contributed by atoms with Crippen LogP contribution in [0.25, 0.3) is 0 Å². The number of pyridine rings is 1. The van der Waals surface area contributed by atoms with Gasteiger partial charge in [-0.15, -0.1) is 0 Å². The van der Waals surface area contributed by atoms with Crippen LogP contribution in [0.2, 0.25) is 0 Å². The lowest BCUT2D eigenvalue weighted by molar-refractivity contribution is -0.134. The van der Waals surface area contributed by atoms with Crippen molar-refractivity contribution in [1.82, 2.24) is 15.2 Å². The first kappa shape index (κ1) is 10.7. The molecule has 0 bridgehead atoms. The maximum atomic E-state index is 12.3. The number of aromatic nitrogens is 1. The van der Waals surface area contributed by atoms with Gasteiger partial charge in [0, 0.05) is 31.4 Å². The molecular formula is C13H17N3O. The minimum Gasteiger partial charge on any atom is -0.337 e. The zero-order valence-corrected chi connectivity index (χ0v) is 9.85. The van der Waals surface area contributed by atoms with Crippen LogP contribution < -0.4 is 5.32 Å². The quantitative estimate of drug-likeness (QED) is 0.774. The summed E-state index contributed by atoms with van der Waals surface area (Å²) in [5, 5.41) is 3.27. The Morgan fingerprint density at radius 2 is 2.47 bits per heavy atom. The molecule has 1 aromatic heterocycles. The summed E-state index contributed by atoms with van der Waals surface area (Å²) in [5.74, 6) is 0.261. The van der Waals surface area contributed by atoms with Gasteiger partial charge < -0.3 is 10.2 Å². The first-order valence-electron chi connectivity index (χ1n) is 6.29. The molecule has 1 aromatic rings. The van der Waals surface area contributed by atoms with Crippen LogP contribution in [0.4, 0.5) is 0 Å². The third-order valence-corrected chi connectivity index (χ3v) is 3.63. The molecule has 2 aliphatic rings. The van der Waals surface area contributed by atoms with Crippen LogP contribution in [0, 0.1) is 0 Å². The molecule has 0 aromatic carbocycles. The molecule has 17 heavy (non-hydrogen) atoms. The first-order valence-corrected chi connectivity index (χ1v) is 6.29. The van der Waals surface area contributed by atoms with Crippen molar-refractivity contribution in [3.63, 3.8) is 0 Å². The Balaban J connectivity index is 1.73. The third kappa shape index (κ3) is 2.05. The van der Waals surface area contributed by atoms with Crippen molar-refractivity contribution in [2.24, 2.45) is 0 Å². The van der Waals surface area contributed by atoms with Crippen molar-refractivity contribution in [2.45, 2.75) is 31.8 Å². The predicted octanol–water partition coefficient (Wildman–Crippen LogP) is 0.718. The second kappa shape index (κ2) is 4.45. The van der Waals surface area contributed by atoms with Gasteiger partial charge in [0.05, 0.1) is 6.04 Å². The van der Waals surface area contributed by atoms with E-state index in [0.717, 1.165) is 44.6 Å². The molecule has 0 aliphatic carbocycles. The predicted molar refractivity (Wildman–Crippen MR) is 64.4 cm³/mol. The van der Waals surface area contributed by atoms with Gasteiger partial charge in [0.25, 0.3) is 0 Å². The van der Waals surface area contributed by atoms with Gasteiger partial charge in [0.15, 0.2) is 0 Å². The number of carbonyl (C=O) groups is 1. The van der Waals surface area contributed by atoms with E-state index in [4.69, 9.17) is 0 Å². The molecular weight excluding hydrogens is 214 g/mol. The molecule has 90 valence electrons. The highest BCUT2D eigenvalue weighted by atomic mass is 16.2. The lowest BCUT2D eigenvalue weighted by Crippen LogP contribution is -2.45. The molecule has 1 saturated heterocycles. The number of fused-ring (bicyclic) bond motifs is 1. The molecule has 1 fully saturated rings. The van der Waals surface area contributed by atoms with Crippen molar-refractivity contribution < 1.29 is 4.79 Å².